The molecule has 150 valence electrons. The molecule has 0 radical (unpaired) electrons. The Morgan fingerprint density at radius 1 is 1.21 bits per heavy atom. The topological polar surface area (TPSA) is 132 Å². The second kappa shape index (κ2) is 8.44. The average molecular weight is 407 g/mol. The molecule has 1 aliphatic heterocycles. The summed E-state index contributed by atoms with van der Waals surface area (Å²) in [5.41, 5.74) is 5.27. The first-order valence-corrected chi connectivity index (χ1v) is 10.2. The SMILES string of the molecule is NC(=O)c1cc(S(=O)(=O)N2CCCC2)ccc1OCC(=O)NCc1ccco1. The van der Waals surface area contributed by atoms with Gasteiger partial charge in [-0.25, -0.2) is 8.42 Å². The Balaban J connectivity index is 1.69. The monoisotopic (exact) mass is 407 g/mol. The van der Waals surface area contributed by atoms with Gasteiger partial charge in [-0.15, -0.1) is 0 Å². The Morgan fingerprint density at radius 3 is 2.61 bits per heavy atom. The molecule has 10 heteroatoms. The van der Waals surface area contributed by atoms with E-state index in [0.717, 1.165) is 12.8 Å². The van der Waals surface area contributed by atoms with E-state index >= 15 is 0 Å². The fourth-order valence-corrected chi connectivity index (χ4v) is 4.40. The predicted molar refractivity (Wildman–Crippen MR) is 99.0 cm³/mol. The molecular formula is C18H21N3O6S. The van der Waals surface area contributed by atoms with E-state index in [0.29, 0.717) is 18.8 Å². The van der Waals surface area contributed by atoms with E-state index in [9.17, 15) is 18.0 Å². The highest BCUT2D eigenvalue weighted by molar-refractivity contribution is 7.89. The minimum Gasteiger partial charge on any atom is -0.483 e. The number of carbonyl (C=O) groups is 2. The number of primary amides is 1. The lowest BCUT2D eigenvalue weighted by Gasteiger charge is -2.17. The molecule has 0 unspecified atom stereocenters. The Hall–Kier alpha value is -2.85. The number of amides is 2. The minimum absolute atomic E-state index is 0.0298. The van der Waals surface area contributed by atoms with E-state index in [1.807, 2.05) is 0 Å². The van der Waals surface area contributed by atoms with Gasteiger partial charge in [0.15, 0.2) is 6.61 Å². The number of hydrogen-bond donors (Lipinski definition) is 2. The molecule has 3 N–H and O–H groups in total. The van der Waals surface area contributed by atoms with E-state index < -0.39 is 21.8 Å². The van der Waals surface area contributed by atoms with Crippen LogP contribution in [0, 0.1) is 0 Å². The van der Waals surface area contributed by atoms with Crippen LogP contribution in [0.3, 0.4) is 0 Å². The number of furan rings is 1. The third kappa shape index (κ3) is 4.52. The van der Waals surface area contributed by atoms with Crippen LogP contribution in [0.2, 0.25) is 0 Å². The Bertz CT molecular complexity index is 950. The lowest BCUT2D eigenvalue weighted by Crippen LogP contribution is -2.29. The number of nitrogens with zero attached hydrogens (tertiary/aromatic N) is 1. The molecule has 1 aromatic heterocycles. The lowest BCUT2D eigenvalue weighted by atomic mass is 10.2. The van der Waals surface area contributed by atoms with Gasteiger partial charge in [0.25, 0.3) is 11.8 Å². The summed E-state index contributed by atoms with van der Waals surface area (Å²) in [4.78, 5) is 23.6. The molecule has 2 amide bonds. The highest BCUT2D eigenvalue weighted by atomic mass is 32.2. The lowest BCUT2D eigenvalue weighted by molar-refractivity contribution is -0.123. The second-order valence-electron chi connectivity index (χ2n) is 6.28. The van der Waals surface area contributed by atoms with Crippen molar-refractivity contribution in [3.8, 4) is 5.75 Å². The molecule has 0 aliphatic carbocycles. The minimum atomic E-state index is -3.70. The normalized spacial score (nSPS) is 14.7. The molecule has 2 aromatic rings. The highest BCUT2D eigenvalue weighted by Crippen LogP contribution is 2.26. The molecule has 28 heavy (non-hydrogen) atoms. The largest absolute Gasteiger partial charge is 0.483 e. The molecule has 1 saturated heterocycles. The van der Waals surface area contributed by atoms with E-state index in [1.54, 1.807) is 12.1 Å². The van der Waals surface area contributed by atoms with Crippen molar-refractivity contribution in [2.75, 3.05) is 19.7 Å². The van der Waals surface area contributed by atoms with E-state index in [-0.39, 0.29) is 29.4 Å². The maximum absolute atomic E-state index is 12.6. The zero-order valence-electron chi connectivity index (χ0n) is 15.1. The van der Waals surface area contributed by atoms with Crippen LogP contribution in [0.1, 0.15) is 29.0 Å². The van der Waals surface area contributed by atoms with Gasteiger partial charge in [0, 0.05) is 13.1 Å². The van der Waals surface area contributed by atoms with E-state index in [1.165, 1.54) is 28.8 Å². The van der Waals surface area contributed by atoms with Crippen LogP contribution in [0.4, 0.5) is 0 Å². The van der Waals surface area contributed by atoms with Gasteiger partial charge >= 0.3 is 0 Å². The number of nitrogens with two attached hydrogens (primary N) is 1. The standard InChI is InChI=1S/C18H21N3O6S/c19-18(23)15-10-14(28(24,25)21-7-1-2-8-21)5-6-16(15)27-12-17(22)20-11-13-4-3-9-26-13/h3-6,9-10H,1-2,7-8,11-12H2,(H2,19,23)(H,20,22). The molecule has 1 fully saturated rings. The van der Waals surface area contributed by atoms with Crippen LogP contribution in [0.25, 0.3) is 0 Å². The molecule has 3 rings (SSSR count). The number of nitrogens with one attached hydrogen (secondary N) is 1. The molecule has 0 spiro atoms. The summed E-state index contributed by atoms with van der Waals surface area (Å²) in [6, 6.07) is 7.28. The fourth-order valence-electron chi connectivity index (χ4n) is 2.86. The van der Waals surface area contributed by atoms with Crippen molar-refractivity contribution in [1.29, 1.82) is 0 Å². The van der Waals surface area contributed by atoms with E-state index in [2.05, 4.69) is 5.32 Å². The van der Waals surface area contributed by atoms with Gasteiger partial charge in [-0.1, -0.05) is 0 Å². The van der Waals surface area contributed by atoms with Crippen molar-refractivity contribution in [2.45, 2.75) is 24.3 Å². The number of rotatable bonds is 8. The highest BCUT2D eigenvalue weighted by Gasteiger charge is 2.28. The summed E-state index contributed by atoms with van der Waals surface area (Å²) >= 11 is 0. The number of benzene rings is 1. The van der Waals surface area contributed by atoms with Crippen molar-refractivity contribution in [3.05, 3.63) is 47.9 Å². The predicted octanol–water partition coefficient (Wildman–Crippen LogP) is 0.858. The summed E-state index contributed by atoms with van der Waals surface area (Å²) in [5.74, 6) is -0.645. The maximum atomic E-state index is 12.6. The zero-order chi connectivity index (χ0) is 20.1. The summed E-state index contributed by atoms with van der Waals surface area (Å²) in [7, 11) is -3.70. The van der Waals surface area contributed by atoms with Crippen molar-refractivity contribution < 1.29 is 27.2 Å². The molecule has 1 aliphatic rings. The van der Waals surface area contributed by atoms with Gasteiger partial charge in [0.05, 0.1) is 23.3 Å². The fraction of sp³-hybridized carbons (Fsp3) is 0.333. The number of ether oxygens (including phenoxy) is 1. The molecular weight excluding hydrogens is 386 g/mol. The van der Waals surface area contributed by atoms with Gasteiger partial charge < -0.3 is 20.2 Å². The van der Waals surface area contributed by atoms with Crippen molar-refractivity contribution >= 4 is 21.8 Å². The van der Waals surface area contributed by atoms with Gasteiger partial charge in [0.1, 0.15) is 11.5 Å². The Morgan fingerprint density at radius 2 is 1.96 bits per heavy atom. The van der Waals surface area contributed by atoms with Crippen molar-refractivity contribution in [3.63, 3.8) is 0 Å². The molecule has 1 aromatic carbocycles. The van der Waals surface area contributed by atoms with Gasteiger partial charge in [-0.2, -0.15) is 4.31 Å². The second-order valence-corrected chi connectivity index (χ2v) is 8.22. The number of carbonyl (C=O) groups excluding carboxylic acids is 2. The van der Waals surface area contributed by atoms with Crippen LogP contribution in [-0.4, -0.2) is 44.2 Å². The van der Waals surface area contributed by atoms with Gasteiger partial charge in [-0.05, 0) is 43.2 Å². The van der Waals surface area contributed by atoms with Crippen molar-refractivity contribution in [2.24, 2.45) is 5.73 Å². The first-order valence-electron chi connectivity index (χ1n) is 8.74. The van der Waals surface area contributed by atoms with Crippen LogP contribution in [-0.2, 0) is 21.4 Å². The van der Waals surface area contributed by atoms with Gasteiger partial charge in [0.2, 0.25) is 10.0 Å². The quantitative estimate of drug-likeness (QED) is 0.667. The Kier molecular flexibility index (Phi) is 6.00. The van der Waals surface area contributed by atoms with Gasteiger partial charge in [-0.3, -0.25) is 9.59 Å². The zero-order valence-corrected chi connectivity index (χ0v) is 15.9. The molecule has 0 saturated carbocycles. The summed E-state index contributed by atoms with van der Waals surface area (Å²) in [6.45, 7) is 0.731. The smallest absolute Gasteiger partial charge is 0.258 e. The third-order valence-electron chi connectivity index (χ3n) is 4.32. The first kappa shape index (κ1) is 19.9. The Labute approximate surface area is 162 Å². The van der Waals surface area contributed by atoms with Crippen LogP contribution >= 0.6 is 0 Å². The third-order valence-corrected chi connectivity index (χ3v) is 6.21. The number of sulfonamides is 1. The van der Waals surface area contributed by atoms with Crippen LogP contribution < -0.4 is 15.8 Å². The number of hydrogen-bond acceptors (Lipinski definition) is 6. The molecule has 0 bridgehead atoms. The average Bonchev–Trinajstić information content (AvgIpc) is 3.38. The van der Waals surface area contributed by atoms with E-state index in [4.69, 9.17) is 14.9 Å². The summed E-state index contributed by atoms with van der Waals surface area (Å²) in [6.07, 6.45) is 3.10. The summed E-state index contributed by atoms with van der Waals surface area (Å²) < 4.78 is 37.1. The molecule has 0 atom stereocenters. The molecule has 9 nitrogen and oxygen atoms in total. The first-order chi connectivity index (χ1) is 13.4. The van der Waals surface area contributed by atoms with Crippen molar-refractivity contribution in [1.82, 2.24) is 9.62 Å². The van der Waals surface area contributed by atoms with Crippen LogP contribution in [0.5, 0.6) is 5.75 Å². The summed E-state index contributed by atoms with van der Waals surface area (Å²) in [5, 5.41) is 2.60. The van der Waals surface area contributed by atoms with Crippen LogP contribution in [0.15, 0.2) is 45.9 Å². The maximum Gasteiger partial charge on any atom is 0.258 e. The molecule has 2 heterocycles.